The molecule has 108 valence electrons. The zero-order chi connectivity index (χ0) is 13.1. The number of nitrogens with two attached hydrogens (primary N) is 1. The van der Waals surface area contributed by atoms with E-state index >= 15 is 0 Å². The maximum Gasteiger partial charge on any atom is 0.222 e. The lowest BCUT2D eigenvalue weighted by Gasteiger charge is -2.25. The van der Waals surface area contributed by atoms with E-state index in [-0.39, 0.29) is 17.8 Å². The molecule has 1 fully saturated rings. The van der Waals surface area contributed by atoms with E-state index in [0.717, 1.165) is 25.9 Å². The van der Waals surface area contributed by atoms with Gasteiger partial charge in [-0.3, -0.25) is 4.79 Å². The largest absolute Gasteiger partial charge is 0.342 e. The molecule has 0 aliphatic carbocycles. The highest BCUT2D eigenvalue weighted by Gasteiger charge is 2.35. The number of carbonyl (C=O) groups is 1. The quantitative estimate of drug-likeness (QED) is 0.839. The van der Waals surface area contributed by atoms with Crippen molar-refractivity contribution in [1.82, 2.24) is 4.90 Å². The maximum absolute atomic E-state index is 12.2. The first-order valence-electron chi connectivity index (χ1n) is 6.89. The number of likely N-dealkylation sites (tertiary alicyclic amines) is 1. The Bertz CT molecular complexity index is 271. The molecule has 3 nitrogen and oxygen atoms in total. The second-order valence-electron chi connectivity index (χ2n) is 6.20. The fourth-order valence-electron chi connectivity index (χ4n) is 2.61. The summed E-state index contributed by atoms with van der Waals surface area (Å²) in [5.74, 6) is 1.43. The topological polar surface area (TPSA) is 46.3 Å². The van der Waals surface area contributed by atoms with Crippen molar-refractivity contribution in [1.29, 1.82) is 0 Å². The van der Waals surface area contributed by atoms with Gasteiger partial charge < -0.3 is 10.6 Å². The van der Waals surface area contributed by atoms with E-state index in [9.17, 15) is 4.79 Å². The van der Waals surface area contributed by atoms with Gasteiger partial charge in [0, 0.05) is 19.5 Å². The van der Waals surface area contributed by atoms with Gasteiger partial charge in [-0.1, -0.05) is 34.1 Å². The SMILES string of the molecule is CCC(CC(=O)N1CCC(C)(CN)C1)C(C)C.Cl. The highest BCUT2D eigenvalue weighted by Crippen LogP contribution is 2.30. The van der Waals surface area contributed by atoms with Crippen LogP contribution < -0.4 is 5.73 Å². The maximum atomic E-state index is 12.2. The van der Waals surface area contributed by atoms with Gasteiger partial charge in [0.05, 0.1) is 0 Å². The van der Waals surface area contributed by atoms with Gasteiger partial charge in [0.1, 0.15) is 0 Å². The second-order valence-corrected chi connectivity index (χ2v) is 6.20. The van der Waals surface area contributed by atoms with Crippen LogP contribution in [0.5, 0.6) is 0 Å². The molecule has 0 aromatic carbocycles. The lowest BCUT2D eigenvalue weighted by atomic mass is 9.89. The van der Waals surface area contributed by atoms with Gasteiger partial charge in [0.2, 0.25) is 5.91 Å². The summed E-state index contributed by atoms with van der Waals surface area (Å²) >= 11 is 0. The van der Waals surface area contributed by atoms with Crippen molar-refractivity contribution >= 4 is 18.3 Å². The van der Waals surface area contributed by atoms with Crippen molar-refractivity contribution in [2.75, 3.05) is 19.6 Å². The molecule has 0 saturated carbocycles. The minimum atomic E-state index is 0. The van der Waals surface area contributed by atoms with Crippen molar-refractivity contribution in [3.05, 3.63) is 0 Å². The van der Waals surface area contributed by atoms with E-state index in [0.29, 0.717) is 30.7 Å². The Morgan fingerprint density at radius 3 is 2.44 bits per heavy atom. The molecule has 4 heteroatoms. The minimum absolute atomic E-state index is 0. The highest BCUT2D eigenvalue weighted by molar-refractivity contribution is 5.85. The van der Waals surface area contributed by atoms with E-state index in [1.54, 1.807) is 0 Å². The van der Waals surface area contributed by atoms with Crippen molar-refractivity contribution in [2.24, 2.45) is 23.0 Å². The fraction of sp³-hybridized carbons (Fsp3) is 0.929. The molecule has 1 heterocycles. The van der Waals surface area contributed by atoms with Crippen LogP contribution in [0.3, 0.4) is 0 Å². The summed E-state index contributed by atoms with van der Waals surface area (Å²) in [4.78, 5) is 14.2. The van der Waals surface area contributed by atoms with Crippen LogP contribution in [0.4, 0.5) is 0 Å². The molecule has 0 bridgehead atoms. The predicted octanol–water partition coefficient (Wildman–Crippen LogP) is 2.68. The molecule has 1 aliphatic rings. The molecule has 1 amide bonds. The zero-order valence-corrected chi connectivity index (χ0v) is 13.1. The Morgan fingerprint density at radius 2 is 2.06 bits per heavy atom. The van der Waals surface area contributed by atoms with Crippen LogP contribution in [0.2, 0.25) is 0 Å². The zero-order valence-electron chi connectivity index (χ0n) is 12.2. The Morgan fingerprint density at radius 1 is 1.44 bits per heavy atom. The lowest BCUT2D eigenvalue weighted by molar-refractivity contribution is -0.131. The van der Waals surface area contributed by atoms with Gasteiger partial charge in [0.15, 0.2) is 0 Å². The molecule has 0 radical (unpaired) electrons. The smallest absolute Gasteiger partial charge is 0.222 e. The normalized spacial score (nSPS) is 25.1. The lowest BCUT2D eigenvalue weighted by Crippen LogP contribution is -2.35. The molecule has 2 unspecified atom stereocenters. The van der Waals surface area contributed by atoms with E-state index in [1.807, 2.05) is 4.90 Å². The van der Waals surface area contributed by atoms with Crippen molar-refractivity contribution in [3.8, 4) is 0 Å². The number of halogens is 1. The molecular formula is C14H29ClN2O. The van der Waals surface area contributed by atoms with Crippen LogP contribution in [-0.2, 0) is 4.79 Å². The molecule has 2 N–H and O–H groups in total. The Hall–Kier alpha value is -0.280. The first-order chi connectivity index (χ1) is 7.91. The standard InChI is InChI=1S/C14H28N2O.ClH/c1-5-12(11(2)3)8-13(17)16-7-6-14(4,9-15)10-16;/h11-12H,5-10,15H2,1-4H3;1H. The van der Waals surface area contributed by atoms with Gasteiger partial charge in [-0.15, -0.1) is 12.4 Å². The number of rotatable bonds is 5. The van der Waals surface area contributed by atoms with Gasteiger partial charge in [0.25, 0.3) is 0 Å². The fourth-order valence-corrected chi connectivity index (χ4v) is 2.61. The number of hydrogen-bond acceptors (Lipinski definition) is 2. The number of carbonyl (C=O) groups excluding carboxylic acids is 1. The molecule has 0 spiro atoms. The second kappa shape index (κ2) is 7.34. The third kappa shape index (κ3) is 4.43. The van der Waals surface area contributed by atoms with E-state index < -0.39 is 0 Å². The van der Waals surface area contributed by atoms with Crippen LogP contribution >= 0.6 is 12.4 Å². The predicted molar refractivity (Wildman–Crippen MR) is 78.8 cm³/mol. The number of amides is 1. The van der Waals surface area contributed by atoms with Crippen LogP contribution in [0, 0.1) is 17.3 Å². The van der Waals surface area contributed by atoms with Crippen LogP contribution in [0.25, 0.3) is 0 Å². The number of nitrogens with zero attached hydrogens (tertiary/aromatic N) is 1. The summed E-state index contributed by atoms with van der Waals surface area (Å²) in [5.41, 5.74) is 5.92. The molecule has 1 aliphatic heterocycles. The summed E-state index contributed by atoms with van der Waals surface area (Å²) in [6.07, 6.45) is 2.84. The van der Waals surface area contributed by atoms with Crippen molar-refractivity contribution in [3.63, 3.8) is 0 Å². The first kappa shape index (κ1) is 17.7. The molecule has 0 aromatic heterocycles. The summed E-state index contributed by atoms with van der Waals surface area (Å²) in [6, 6.07) is 0. The Kier molecular flexibility index (Phi) is 7.23. The highest BCUT2D eigenvalue weighted by atomic mass is 35.5. The monoisotopic (exact) mass is 276 g/mol. The average molecular weight is 277 g/mol. The molecule has 1 saturated heterocycles. The number of hydrogen-bond donors (Lipinski definition) is 1. The minimum Gasteiger partial charge on any atom is -0.342 e. The first-order valence-corrected chi connectivity index (χ1v) is 6.89. The Labute approximate surface area is 118 Å². The molecule has 0 aromatic rings. The summed E-state index contributed by atoms with van der Waals surface area (Å²) < 4.78 is 0. The third-order valence-electron chi connectivity index (χ3n) is 4.31. The molecule has 1 rings (SSSR count). The van der Waals surface area contributed by atoms with Crippen LogP contribution in [-0.4, -0.2) is 30.4 Å². The average Bonchev–Trinajstić information content (AvgIpc) is 2.69. The van der Waals surface area contributed by atoms with E-state index in [1.165, 1.54) is 0 Å². The third-order valence-corrected chi connectivity index (χ3v) is 4.31. The van der Waals surface area contributed by atoms with Crippen LogP contribution in [0.15, 0.2) is 0 Å². The van der Waals surface area contributed by atoms with E-state index in [4.69, 9.17) is 5.73 Å². The van der Waals surface area contributed by atoms with Crippen molar-refractivity contribution in [2.45, 2.75) is 47.0 Å². The Balaban J connectivity index is 0.00000289. The summed E-state index contributed by atoms with van der Waals surface area (Å²) in [6.45, 7) is 11.2. The van der Waals surface area contributed by atoms with Gasteiger partial charge in [-0.05, 0) is 30.2 Å². The molecular weight excluding hydrogens is 248 g/mol. The van der Waals surface area contributed by atoms with Gasteiger partial charge >= 0.3 is 0 Å². The van der Waals surface area contributed by atoms with Gasteiger partial charge in [-0.2, -0.15) is 0 Å². The molecule has 2 atom stereocenters. The van der Waals surface area contributed by atoms with E-state index in [2.05, 4.69) is 27.7 Å². The van der Waals surface area contributed by atoms with Crippen molar-refractivity contribution < 1.29 is 4.79 Å². The van der Waals surface area contributed by atoms with Crippen LogP contribution in [0.1, 0.15) is 47.0 Å². The van der Waals surface area contributed by atoms with Gasteiger partial charge in [-0.25, -0.2) is 0 Å². The summed E-state index contributed by atoms with van der Waals surface area (Å²) in [7, 11) is 0. The molecule has 18 heavy (non-hydrogen) atoms. The summed E-state index contributed by atoms with van der Waals surface area (Å²) in [5, 5.41) is 0.